The maximum atomic E-state index is 13.5. The standard InChI is InChI=1S/C31H44N6O3/c1-4-5-7-12-25(31(39)37(32-2)20-19-35-15-10-11-16-35)13-14-26-30(40-3)34-27-21-24(22-28(38)29(27)33-26)23-36-17-8-6-9-18-36/h4-5,7,13,21-22,32,38H,1,6,8-12,14-20,23H2,2-3H3/b7-5-,25-13+. The third kappa shape index (κ3) is 7.90. The fourth-order valence-corrected chi connectivity index (χ4v) is 5.49. The van der Waals surface area contributed by atoms with Crippen LogP contribution in [0, 0.1) is 0 Å². The number of benzene rings is 1. The van der Waals surface area contributed by atoms with E-state index in [2.05, 4.69) is 21.8 Å². The summed E-state index contributed by atoms with van der Waals surface area (Å²) in [4.78, 5) is 27.8. The smallest absolute Gasteiger partial charge is 0.263 e. The molecule has 0 saturated carbocycles. The Balaban J connectivity index is 1.55. The van der Waals surface area contributed by atoms with Crippen LogP contribution >= 0.6 is 0 Å². The molecule has 9 nitrogen and oxygen atoms in total. The number of aromatic nitrogens is 2. The number of rotatable bonds is 13. The average molecular weight is 549 g/mol. The molecule has 0 bridgehead atoms. The highest BCUT2D eigenvalue weighted by Gasteiger charge is 2.20. The van der Waals surface area contributed by atoms with E-state index in [1.807, 2.05) is 24.3 Å². The molecule has 1 aromatic heterocycles. The van der Waals surface area contributed by atoms with E-state index in [9.17, 15) is 9.90 Å². The van der Waals surface area contributed by atoms with Gasteiger partial charge in [0.2, 0.25) is 5.88 Å². The number of phenolic OH excluding ortho intramolecular Hbond substituents is 1. The highest BCUT2D eigenvalue weighted by atomic mass is 16.5. The van der Waals surface area contributed by atoms with Crippen molar-refractivity contribution < 1.29 is 14.6 Å². The molecule has 2 aliphatic heterocycles. The molecule has 2 aromatic rings. The van der Waals surface area contributed by atoms with Crippen LogP contribution in [0.4, 0.5) is 0 Å². The van der Waals surface area contributed by atoms with Crippen molar-refractivity contribution in [2.24, 2.45) is 0 Å². The summed E-state index contributed by atoms with van der Waals surface area (Å²) in [7, 11) is 3.35. The van der Waals surface area contributed by atoms with Crippen molar-refractivity contribution in [3.63, 3.8) is 0 Å². The van der Waals surface area contributed by atoms with Gasteiger partial charge in [-0.2, -0.15) is 0 Å². The summed E-state index contributed by atoms with van der Waals surface area (Å²) >= 11 is 0. The minimum Gasteiger partial charge on any atom is -0.506 e. The maximum Gasteiger partial charge on any atom is 0.263 e. The molecule has 216 valence electrons. The monoisotopic (exact) mass is 548 g/mol. The molecule has 0 atom stereocenters. The van der Waals surface area contributed by atoms with Gasteiger partial charge in [-0.25, -0.2) is 15.4 Å². The molecule has 0 spiro atoms. The van der Waals surface area contributed by atoms with Gasteiger partial charge in [0.1, 0.15) is 17.0 Å². The third-order valence-electron chi connectivity index (χ3n) is 7.67. The van der Waals surface area contributed by atoms with Crippen LogP contribution in [0.1, 0.15) is 49.8 Å². The summed E-state index contributed by atoms with van der Waals surface area (Å²) in [5, 5.41) is 12.5. The van der Waals surface area contributed by atoms with Crippen molar-refractivity contribution in [3.05, 3.63) is 59.8 Å². The Hall–Kier alpha value is -3.27. The number of carbonyl (C=O) groups excluding carboxylic acids is 1. The minimum atomic E-state index is -0.0756. The maximum absolute atomic E-state index is 13.5. The molecule has 2 saturated heterocycles. The number of allylic oxidation sites excluding steroid dienone is 4. The molecule has 4 rings (SSSR count). The van der Waals surface area contributed by atoms with Crippen molar-refractivity contribution in [2.75, 3.05) is 53.4 Å². The van der Waals surface area contributed by atoms with Crippen molar-refractivity contribution in [3.8, 4) is 11.6 Å². The molecule has 40 heavy (non-hydrogen) atoms. The number of methoxy groups -OCH3 is 1. The summed E-state index contributed by atoms with van der Waals surface area (Å²) in [5.41, 5.74) is 6.33. The van der Waals surface area contributed by atoms with Crippen LogP contribution in [-0.4, -0.2) is 89.2 Å². The van der Waals surface area contributed by atoms with Crippen LogP contribution < -0.4 is 10.2 Å². The largest absolute Gasteiger partial charge is 0.506 e. The molecular weight excluding hydrogens is 504 g/mol. The van der Waals surface area contributed by atoms with E-state index in [1.165, 1.54) is 32.1 Å². The first kappa shape index (κ1) is 29.7. The summed E-state index contributed by atoms with van der Waals surface area (Å²) < 4.78 is 5.60. The number of hydrazine groups is 1. The van der Waals surface area contributed by atoms with Gasteiger partial charge in [-0.1, -0.05) is 37.3 Å². The van der Waals surface area contributed by atoms with Gasteiger partial charge in [0, 0.05) is 32.1 Å². The predicted molar refractivity (Wildman–Crippen MR) is 159 cm³/mol. The van der Waals surface area contributed by atoms with E-state index < -0.39 is 0 Å². The number of likely N-dealkylation sites (tertiary alicyclic amines) is 2. The van der Waals surface area contributed by atoms with Crippen LogP contribution in [0.2, 0.25) is 0 Å². The zero-order valence-electron chi connectivity index (χ0n) is 24.1. The summed E-state index contributed by atoms with van der Waals surface area (Å²) in [6.07, 6.45) is 14.3. The topological polar surface area (TPSA) is 94.1 Å². The Bertz CT molecular complexity index is 1220. The van der Waals surface area contributed by atoms with Crippen LogP contribution in [0.15, 0.2) is 48.6 Å². The van der Waals surface area contributed by atoms with E-state index in [0.717, 1.165) is 44.8 Å². The lowest BCUT2D eigenvalue weighted by Crippen LogP contribution is -2.45. The highest BCUT2D eigenvalue weighted by Crippen LogP contribution is 2.29. The number of fused-ring (bicyclic) bond motifs is 1. The number of aromatic hydroxyl groups is 1. The quantitative estimate of drug-likeness (QED) is 0.221. The SMILES string of the molecule is C=C/C=C\C/C(=C\Cc1nc2c(O)cc(CN3CCCCC3)cc2nc1OC)C(=O)N(CCN1CCCC1)NC. The van der Waals surface area contributed by atoms with E-state index in [4.69, 9.17) is 14.7 Å². The normalized spacial score (nSPS) is 17.1. The third-order valence-corrected chi connectivity index (χ3v) is 7.67. The number of hydrogen-bond donors (Lipinski definition) is 2. The van der Waals surface area contributed by atoms with Gasteiger partial charge in [0.25, 0.3) is 5.91 Å². The number of phenols is 1. The van der Waals surface area contributed by atoms with Crippen molar-refractivity contribution >= 4 is 16.9 Å². The summed E-state index contributed by atoms with van der Waals surface area (Å²) in [6.45, 7) is 10.3. The highest BCUT2D eigenvalue weighted by molar-refractivity contribution is 5.93. The van der Waals surface area contributed by atoms with E-state index in [0.29, 0.717) is 47.6 Å². The van der Waals surface area contributed by atoms with Crippen LogP contribution in [0.5, 0.6) is 11.6 Å². The molecule has 2 aliphatic rings. The molecule has 3 heterocycles. The molecule has 2 N–H and O–H groups in total. The molecule has 9 heteroatoms. The molecule has 2 fully saturated rings. The fraction of sp³-hybridized carbons (Fsp3) is 0.516. The van der Waals surface area contributed by atoms with E-state index >= 15 is 0 Å². The Kier molecular flexibility index (Phi) is 11.1. The Labute approximate surface area is 238 Å². The lowest BCUT2D eigenvalue weighted by Gasteiger charge is -2.26. The lowest BCUT2D eigenvalue weighted by molar-refractivity contribution is -0.130. The number of carbonyl (C=O) groups is 1. The molecule has 1 amide bonds. The second kappa shape index (κ2) is 14.9. The van der Waals surface area contributed by atoms with Gasteiger partial charge < -0.3 is 14.7 Å². The number of ether oxygens (including phenoxy) is 1. The average Bonchev–Trinajstić information content (AvgIpc) is 3.49. The molecule has 0 radical (unpaired) electrons. The summed E-state index contributed by atoms with van der Waals surface area (Å²) in [5.74, 6) is 0.429. The number of piperidine rings is 1. The van der Waals surface area contributed by atoms with Crippen molar-refractivity contribution in [2.45, 2.75) is 51.5 Å². The number of nitrogens with one attached hydrogen (secondary N) is 1. The van der Waals surface area contributed by atoms with Crippen molar-refractivity contribution in [1.82, 2.24) is 30.2 Å². The van der Waals surface area contributed by atoms with E-state index in [-0.39, 0.29) is 11.7 Å². The Morgan fingerprint density at radius 2 is 1.85 bits per heavy atom. The lowest BCUT2D eigenvalue weighted by atomic mass is 10.1. The Morgan fingerprint density at radius 1 is 1.12 bits per heavy atom. The summed E-state index contributed by atoms with van der Waals surface area (Å²) in [6, 6.07) is 3.77. The first-order chi connectivity index (χ1) is 19.5. The first-order valence-electron chi connectivity index (χ1n) is 14.5. The second-order valence-electron chi connectivity index (χ2n) is 10.5. The van der Waals surface area contributed by atoms with Crippen molar-refractivity contribution in [1.29, 1.82) is 0 Å². The number of nitrogens with zero attached hydrogens (tertiary/aromatic N) is 5. The van der Waals surface area contributed by atoms with Gasteiger partial charge in [-0.3, -0.25) is 14.7 Å². The second-order valence-corrected chi connectivity index (χ2v) is 10.5. The first-order valence-corrected chi connectivity index (χ1v) is 14.5. The minimum absolute atomic E-state index is 0.0756. The molecule has 1 aromatic carbocycles. The van der Waals surface area contributed by atoms with Crippen LogP contribution in [0.25, 0.3) is 11.0 Å². The van der Waals surface area contributed by atoms with Crippen LogP contribution in [0.3, 0.4) is 0 Å². The molecule has 0 aliphatic carbocycles. The predicted octanol–water partition coefficient (Wildman–Crippen LogP) is 3.99. The van der Waals surface area contributed by atoms with Crippen LogP contribution in [-0.2, 0) is 17.8 Å². The van der Waals surface area contributed by atoms with E-state index in [1.54, 1.807) is 31.3 Å². The number of amides is 1. The van der Waals surface area contributed by atoms with Gasteiger partial charge >= 0.3 is 0 Å². The number of hydrogen-bond acceptors (Lipinski definition) is 8. The molecule has 0 unspecified atom stereocenters. The van der Waals surface area contributed by atoms with Gasteiger partial charge in [0.15, 0.2) is 0 Å². The zero-order chi connectivity index (χ0) is 28.3. The van der Waals surface area contributed by atoms with Gasteiger partial charge in [-0.15, -0.1) is 0 Å². The van der Waals surface area contributed by atoms with Gasteiger partial charge in [-0.05, 0) is 76.0 Å². The van der Waals surface area contributed by atoms with Gasteiger partial charge in [0.05, 0.1) is 19.2 Å². The Morgan fingerprint density at radius 3 is 2.55 bits per heavy atom. The fourth-order valence-electron chi connectivity index (χ4n) is 5.49. The zero-order valence-corrected chi connectivity index (χ0v) is 24.1. The molecular formula is C31H44N6O3.